The molecule has 0 radical (unpaired) electrons. The molecule has 21 heavy (non-hydrogen) atoms. The van der Waals surface area contributed by atoms with Crippen molar-refractivity contribution < 1.29 is 25.2 Å². The molecule has 0 atom stereocenters. The Hall–Kier alpha value is -2.80. The third-order valence-electron chi connectivity index (χ3n) is 2.92. The molecule has 0 amide bonds. The minimum absolute atomic E-state index is 0.153. The monoisotopic (exact) mass is 303 g/mol. The first kappa shape index (κ1) is 13.2. The second kappa shape index (κ2) is 4.64. The van der Waals surface area contributed by atoms with Gasteiger partial charge < -0.3 is 20.4 Å². The topological polar surface area (TPSA) is 111 Å². The zero-order valence-corrected chi connectivity index (χ0v) is 11.3. The van der Waals surface area contributed by atoms with Crippen LogP contribution in [0, 0.1) is 0 Å². The van der Waals surface area contributed by atoms with Crippen molar-refractivity contribution in [2.75, 3.05) is 0 Å². The summed E-state index contributed by atoms with van der Waals surface area (Å²) in [5.74, 6) is -1.73. The van der Waals surface area contributed by atoms with E-state index in [2.05, 4.69) is 4.98 Å². The maximum absolute atomic E-state index is 12.3. The van der Waals surface area contributed by atoms with Gasteiger partial charge in [0.15, 0.2) is 28.0 Å². The van der Waals surface area contributed by atoms with Gasteiger partial charge in [0.05, 0.1) is 10.2 Å². The van der Waals surface area contributed by atoms with E-state index in [1.54, 1.807) is 0 Å². The Balaban J connectivity index is 2.07. The van der Waals surface area contributed by atoms with E-state index in [4.69, 9.17) is 0 Å². The normalized spacial score (nSPS) is 10.9. The number of fused-ring (bicyclic) bond motifs is 1. The third-order valence-corrected chi connectivity index (χ3v) is 3.93. The number of nitrogens with zero attached hydrogens (tertiary/aromatic N) is 1. The first-order valence-electron chi connectivity index (χ1n) is 5.85. The van der Waals surface area contributed by atoms with Crippen molar-refractivity contribution in [2.45, 2.75) is 0 Å². The molecule has 0 saturated heterocycles. The van der Waals surface area contributed by atoms with Crippen LogP contribution in [0.1, 0.15) is 15.4 Å². The highest BCUT2D eigenvalue weighted by atomic mass is 32.1. The maximum atomic E-state index is 12.3. The van der Waals surface area contributed by atoms with Gasteiger partial charge in [-0.15, -0.1) is 11.3 Å². The Morgan fingerprint density at radius 3 is 2.29 bits per heavy atom. The number of phenols is 4. The average Bonchev–Trinajstić information content (AvgIpc) is 2.84. The van der Waals surface area contributed by atoms with E-state index in [1.807, 2.05) is 0 Å². The van der Waals surface area contributed by atoms with Crippen molar-refractivity contribution in [2.24, 2.45) is 0 Å². The number of hydrogen-bond acceptors (Lipinski definition) is 7. The van der Waals surface area contributed by atoms with Crippen LogP contribution in [-0.4, -0.2) is 31.2 Å². The van der Waals surface area contributed by atoms with Gasteiger partial charge >= 0.3 is 0 Å². The number of rotatable bonds is 2. The predicted octanol–water partition coefficient (Wildman–Crippen LogP) is 2.35. The molecule has 2 aromatic carbocycles. The van der Waals surface area contributed by atoms with Crippen LogP contribution < -0.4 is 0 Å². The molecule has 0 saturated carbocycles. The fourth-order valence-corrected chi connectivity index (χ4v) is 2.78. The van der Waals surface area contributed by atoms with Gasteiger partial charge in [0.1, 0.15) is 0 Å². The van der Waals surface area contributed by atoms with Crippen molar-refractivity contribution in [3.05, 3.63) is 40.9 Å². The van der Waals surface area contributed by atoms with Crippen LogP contribution in [0.15, 0.2) is 30.3 Å². The van der Waals surface area contributed by atoms with Crippen LogP contribution in [0.5, 0.6) is 23.0 Å². The number of thiazole rings is 1. The molecule has 0 aliphatic carbocycles. The summed E-state index contributed by atoms with van der Waals surface area (Å²) >= 11 is 1.06. The minimum Gasteiger partial charge on any atom is -0.504 e. The smallest absolute Gasteiger partial charge is 0.221 e. The Morgan fingerprint density at radius 2 is 1.57 bits per heavy atom. The fraction of sp³-hybridized carbons (Fsp3) is 0. The van der Waals surface area contributed by atoms with Gasteiger partial charge in [-0.25, -0.2) is 4.98 Å². The maximum Gasteiger partial charge on any atom is 0.221 e. The van der Waals surface area contributed by atoms with Crippen LogP contribution in [0.3, 0.4) is 0 Å². The lowest BCUT2D eigenvalue weighted by atomic mass is 10.1. The fourth-order valence-electron chi connectivity index (χ4n) is 1.84. The Bertz CT molecular complexity index is 832. The molecule has 3 aromatic rings. The lowest BCUT2D eigenvalue weighted by Crippen LogP contribution is -1.99. The summed E-state index contributed by atoms with van der Waals surface area (Å²) in [6.45, 7) is 0. The number of carbonyl (C=O) groups is 1. The number of aromatic hydroxyl groups is 4. The molecule has 0 spiro atoms. The molecule has 6 nitrogen and oxygen atoms in total. The largest absolute Gasteiger partial charge is 0.504 e. The summed E-state index contributed by atoms with van der Waals surface area (Å²) in [5.41, 5.74) is 0.569. The summed E-state index contributed by atoms with van der Waals surface area (Å²) in [5, 5.41) is 37.7. The van der Waals surface area contributed by atoms with Crippen molar-refractivity contribution >= 4 is 27.3 Å². The highest BCUT2D eigenvalue weighted by Crippen LogP contribution is 2.34. The van der Waals surface area contributed by atoms with E-state index >= 15 is 0 Å². The van der Waals surface area contributed by atoms with E-state index in [1.165, 1.54) is 24.3 Å². The lowest BCUT2D eigenvalue weighted by molar-refractivity contribution is 0.103. The van der Waals surface area contributed by atoms with Gasteiger partial charge in [-0.05, 0) is 18.2 Å². The summed E-state index contributed by atoms with van der Waals surface area (Å²) in [6.07, 6.45) is 0. The Labute approximate surface area is 122 Å². The number of phenolic OH excluding ortho intramolecular Hbond substituents is 4. The SMILES string of the molecule is O=C(c1ccc(O)c(O)c1)c1nc2cc(O)c(O)cc2s1. The predicted molar refractivity (Wildman–Crippen MR) is 76.2 cm³/mol. The zero-order valence-electron chi connectivity index (χ0n) is 10.4. The third kappa shape index (κ3) is 2.23. The number of benzene rings is 2. The van der Waals surface area contributed by atoms with Crippen molar-refractivity contribution in [3.63, 3.8) is 0 Å². The van der Waals surface area contributed by atoms with Crippen molar-refractivity contribution in [3.8, 4) is 23.0 Å². The quantitative estimate of drug-likeness (QED) is 0.427. The lowest BCUT2D eigenvalue weighted by Gasteiger charge is -2.00. The van der Waals surface area contributed by atoms with E-state index in [9.17, 15) is 25.2 Å². The highest BCUT2D eigenvalue weighted by Gasteiger charge is 2.17. The molecule has 1 aromatic heterocycles. The molecule has 0 fully saturated rings. The van der Waals surface area contributed by atoms with Crippen molar-refractivity contribution in [1.82, 2.24) is 4.98 Å². The molecule has 0 aliphatic rings. The molecule has 1 heterocycles. The molecule has 0 aliphatic heterocycles. The number of ketones is 1. The standard InChI is InChI=1S/C14H9NO5S/c16-8-2-1-6(3-9(8)17)13(20)14-15-7-4-10(18)11(19)5-12(7)21-14/h1-5,16-19H. The molecule has 0 bridgehead atoms. The molecular formula is C14H9NO5S. The summed E-state index contributed by atoms with van der Waals surface area (Å²) < 4.78 is 0.552. The molecule has 4 N–H and O–H groups in total. The second-order valence-corrected chi connectivity index (χ2v) is 5.39. The van der Waals surface area contributed by atoms with Crippen LogP contribution >= 0.6 is 11.3 Å². The van der Waals surface area contributed by atoms with E-state index in [-0.39, 0.29) is 27.8 Å². The van der Waals surface area contributed by atoms with Gasteiger partial charge in [0.2, 0.25) is 5.78 Å². The van der Waals surface area contributed by atoms with Gasteiger partial charge in [0.25, 0.3) is 0 Å². The average molecular weight is 303 g/mol. The van der Waals surface area contributed by atoms with Crippen LogP contribution in [0.25, 0.3) is 10.2 Å². The van der Waals surface area contributed by atoms with Gasteiger partial charge in [-0.2, -0.15) is 0 Å². The number of hydrogen-bond donors (Lipinski definition) is 4. The Morgan fingerprint density at radius 1 is 0.905 bits per heavy atom. The second-order valence-electron chi connectivity index (χ2n) is 4.36. The zero-order chi connectivity index (χ0) is 15.1. The van der Waals surface area contributed by atoms with E-state index < -0.39 is 11.5 Å². The summed E-state index contributed by atoms with van der Waals surface area (Å²) in [6, 6.07) is 6.34. The van der Waals surface area contributed by atoms with Crippen LogP contribution in [0.4, 0.5) is 0 Å². The number of aromatic nitrogens is 1. The first-order chi connectivity index (χ1) is 9.95. The summed E-state index contributed by atoms with van der Waals surface area (Å²) in [4.78, 5) is 16.4. The van der Waals surface area contributed by atoms with E-state index in [0.717, 1.165) is 17.4 Å². The molecule has 7 heteroatoms. The first-order valence-corrected chi connectivity index (χ1v) is 6.66. The molecule has 106 valence electrons. The van der Waals surface area contributed by atoms with Gasteiger partial charge in [-0.3, -0.25) is 4.79 Å². The van der Waals surface area contributed by atoms with Crippen LogP contribution in [-0.2, 0) is 0 Å². The van der Waals surface area contributed by atoms with Gasteiger partial charge in [0, 0.05) is 17.7 Å². The minimum atomic E-state index is -0.425. The molecular weight excluding hydrogens is 294 g/mol. The van der Waals surface area contributed by atoms with Crippen LogP contribution in [0.2, 0.25) is 0 Å². The van der Waals surface area contributed by atoms with E-state index in [0.29, 0.717) is 10.2 Å². The Kier molecular flexibility index (Phi) is 2.91. The summed E-state index contributed by atoms with van der Waals surface area (Å²) in [7, 11) is 0. The number of carbonyl (C=O) groups excluding carboxylic acids is 1. The van der Waals surface area contributed by atoms with Gasteiger partial charge in [-0.1, -0.05) is 0 Å². The molecule has 3 rings (SSSR count). The highest BCUT2D eigenvalue weighted by molar-refractivity contribution is 7.20. The molecule has 0 unspecified atom stereocenters. The van der Waals surface area contributed by atoms with Crippen molar-refractivity contribution in [1.29, 1.82) is 0 Å².